The van der Waals surface area contributed by atoms with Gasteiger partial charge >= 0.3 is 0 Å². The first-order valence-electron chi connectivity index (χ1n) is 6.30. The predicted octanol–water partition coefficient (Wildman–Crippen LogP) is 3.42. The number of nitrogens with zero attached hydrogens (tertiary/aromatic N) is 1. The predicted molar refractivity (Wildman–Crippen MR) is 77.4 cm³/mol. The summed E-state index contributed by atoms with van der Waals surface area (Å²) >= 11 is 6.04. The fourth-order valence-electron chi connectivity index (χ4n) is 1.70. The Kier molecular flexibility index (Phi) is 5.19. The Morgan fingerprint density at radius 3 is 3.00 bits per heavy atom. The Morgan fingerprint density at radius 2 is 2.21 bits per heavy atom. The van der Waals surface area contributed by atoms with Crippen LogP contribution in [0.15, 0.2) is 42.7 Å². The average Bonchev–Trinajstić information content (AvgIpc) is 2.45. The number of nitrogens with one attached hydrogen (secondary N) is 1. The first-order valence-corrected chi connectivity index (χ1v) is 6.68. The summed E-state index contributed by atoms with van der Waals surface area (Å²) in [4.78, 5) is 3.95. The second-order valence-corrected chi connectivity index (χ2v) is 4.59. The van der Waals surface area contributed by atoms with Gasteiger partial charge in [-0.3, -0.25) is 4.98 Å². The molecular weight excluding hydrogens is 260 g/mol. The minimum absolute atomic E-state index is 0.450. The Labute approximate surface area is 118 Å². The van der Waals surface area contributed by atoms with Crippen LogP contribution in [-0.2, 0) is 13.2 Å². The Hall–Kier alpha value is -1.58. The first kappa shape index (κ1) is 13.8. The summed E-state index contributed by atoms with van der Waals surface area (Å²) in [6, 6.07) is 9.93. The lowest BCUT2D eigenvalue weighted by atomic mass is 10.2. The molecule has 19 heavy (non-hydrogen) atoms. The van der Waals surface area contributed by atoms with Crippen LogP contribution < -0.4 is 10.1 Å². The SMILES string of the molecule is CCNCc1cccc(OCc2ccncc2Cl)c1. The Balaban J connectivity index is 1.98. The van der Waals surface area contributed by atoms with Gasteiger partial charge in [-0.2, -0.15) is 0 Å². The molecule has 1 N–H and O–H groups in total. The van der Waals surface area contributed by atoms with Crippen LogP contribution in [0.5, 0.6) is 5.75 Å². The van der Waals surface area contributed by atoms with Gasteiger partial charge in [0.15, 0.2) is 0 Å². The highest BCUT2D eigenvalue weighted by Crippen LogP contribution is 2.18. The van der Waals surface area contributed by atoms with Crippen molar-refractivity contribution in [2.45, 2.75) is 20.1 Å². The van der Waals surface area contributed by atoms with Gasteiger partial charge in [0.2, 0.25) is 0 Å². The Bertz CT molecular complexity index is 531. The molecule has 1 aromatic heterocycles. The zero-order chi connectivity index (χ0) is 13.5. The maximum atomic E-state index is 6.04. The second kappa shape index (κ2) is 7.12. The summed E-state index contributed by atoms with van der Waals surface area (Å²) in [7, 11) is 0. The standard InChI is InChI=1S/C15H17ClN2O/c1-2-17-9-12-4-3-5-14(8-12)19-11-13-6-7-18-10-15(13)16/h3-8,10,17H,2,9,11H2,1H3. The minimum atomic E-state index is 0.450. The van der Waals surface area contributed by atoms with Crippen molar-refractivity contribution < 1.29 is 4.74 Å². The monoisotopic (exact) mass is 276 g/mol. The lowest BCUT2D eigenvalue weighted by Gasteiger charge is -2.09. The highest BCUT2D eigenvalue weighted by atomic mass is 35.5. The number of hydrogen-bond acceptors (Lipinski definition) is 3. The topological polar surface area (TPSA) is 34.1 Å². The summed E-state index contributed by atoms with van der Waals surface area (Å²) in [6.45, 7) is 4.35. The molecular formula is C15H17ClN2O. The fraction of sp³-hybridized carbons (Fsp3) is 0.267. The summed E-state index contributed by atoms with van der Waals surface area (Å²) in [5.74, 6) is 0.850. The highest BCUT2D eigenvalue weighted by molar-refractivity contribution is 6.31. The lowest BCUT2D eigenvalue weighted by molar-refractivity contribution is 0.306. The molecule has 0 spiro atoms. The van der Waals surface area contributed by atoms with E-state index in [-0.39, 0.29) is 0 Å². The lowest BCUT2D eigenvalue weighted by Crippen LogP contribution is -2.11. The van der Waals surface area contributed by atoms with Gasteiger partial charge in [0, 0.05) is 24.5 Å². The molecule has 0 saturated carbocycles. The van der Waals surface area contributed by atoms with Crippen LogP contribution >= 0.6 is 11.6 Å². The molecule has 100 valence electrons. The third-order valence-corrected chi connectivity index (χ3v) is 3.07. The molecule has 4 heteroatoms. The van der Waals surface area contributed by atoms with Crippen LogP contribution in [0.3, 0.4) is 0 Å². The summed E-state index contributed by atoms with van der Waals surface area (Å²) in [6.07, 6.45) is 3.34. The van der Waals surface area contributed by atoms with Crippen molar-refractivity contribution in [1.29, 1.82) is 0 Å². The first-order chi connectivity index (χ1) is 9.29. The number of aromatic nitrogens is 1. The number of hydrogen-bond donors (Lipinski definition) is 1. The maximum Gasteiger partial charge on any atom is 0.120 e. The van der Waals surface area contributed by atoms with E-state index in [1.54, 1.807) is 12.4 Å². The molecule has 2 aromatic rings. The van der Waals surface area contributed by atoms with Crippen molar-refractivity contribution in [3.05, 3.63) is 58.9 Å². The zero-order valence-corrected chi connectivity index (χ0v) is 11.7. The van der Waals surface area contributed by atoms with E-state index in [1.807, 2.05) is 24.3 Å². The number of ether oxygens (including phenoxy) is 1. The molecule has 0 unspecified atom stereocenters. The van der Waals surface area contributed by atoms with Crippen molar-refractivity contribution >= 4 is 11.6 Å². The van der Waals surface area contributed by atoms with Crippen molar-refractivity contribution in [2.24, 2.45) is 0 Å². The van der Waals surface area contributed by atoms with E-state index in [4.69, 9.17) is 16.3 Å². The summed E-state index contributed by atoms with van der Waals surface area (Å²) < 4.78 is 5.75. The molecule has 0 saturated heterocycles. The van der Waals surface area contributed by atoms with Gasteiger partial charge in [-0.25, -0.2) is 0 Å². The number of benzene rings is 1. The Morgan fingerprint density at radius 1 is 1.32 bits per heavy atom. The number of rotatable bonds is 6. The van der Waals surface area contributed by atoms with Gasteiger partial charge in [0.25, 0.3) is 0 Å². The van der Waals surface area contributed by atoms with Gasteiger partial charge in [0.05, 0.1) is 5.02 Å². The molecule has 0 amide bonds. The largest absolute Gasteiger partial charge is 0.489 e. The maximum absolute atomic E-state index is 6.04. The van der Waals surface area contributed by atoms with E-state index in [0.717, 1.165) is 24.4 Å². The third kappa shape index (κ3) is 4.23. The van der Waals surface area contributed by atoms with Crippen LogP contribution in [0.25, 0.3) is 0 Å². The molecule has 2 rings (SSSR count). The smallest absolute Gasteiger partial charge is 0.120 e. The van der Waals surface area contributed by atoms with Crippen LogP contribution in [0.4, 0.5) is 0 Å². The molecule has 1 aromatic carbocycles. The highest BCUT2D eigenvalue weighted by Gasteiger charge is 2.01. The van der Waals surface area contributed by atoms with Gasteiger partial charge in [-0.05, 0) is 30.3 Å². The van der Waals surface area contributed by atoms with Gasteiger partial charge in [-0.15, -0.1) is 0 Å². The van der Waals surface area contributed by atoms with E-state index in [1.165, 1.54) is 5.56 Å². The van der Waals surface area contributed by atoms with E-state index in [9.17, 15) is 0 Å². The molecule has 3 nitrogen and oxygen atoms in total. The molecule has 0 aliphatic carbocycles. The molecule has 1 heterocycles. The molecule has 0 fully saturated rings. The van der Waals surface area contributed by atoms with Crippen molar-refractivity contribution in [1.82, 2.24) is 10.3 Å². The van der Waals surface area contributed by atoms with E-state index >= 15 is 0 Å². The van der Waals surface area contributed by atoms with Crippen LogP contribution in [-0.4, -0.2) is 11.5 Å². The normalized spacial score (nSPS) is 10.4. The molecule has 0 aliphatic heterocycles. The van der Waals surface area contributed by atoms with Crippen LogP contribution in [0, 0.1) is 0 Å². The van der Waals surface area contributed by atoms with E-state index in [0.29, 0.717) is 11.6 Å². The fourth-order valence-corrected chi connectivity index (χ4v) is 1.87. The van der Waals surface area contributed by atoms with Gasteiger partial charge in [-0.1, -0.05) is 30.7 Å². The van der Waals surface area contributed by atoms with Gasteiger partial charge < -0.3 is 10.1 Å². The number of pyridine rings is 1. The third-order valence-electron chi connectivity index (χ3n) is 2.73. The average molecular weight is 277 g/mol. The molecule has 0 bridgehead atoms. The minimum Gasteiger partial charge on any atom is -0.489 e. The van der Waals surface area contributed by atoms with Crippen molar-refractivity contribution in [3.63, 3.8) is 0 Å². The van der Waals surface area contributed by atoms with Crippen molar-refractivity contribution in [3.8, 4) is 5.75 Å². The van der Waals surface area contributed by atoms with E-state index in [2.05, 4.69) is 23.3 Å². The van der Waals surface area contributed by atoms with Gasteiger partial charge in [0.1, 0.15) is 12.4 Å². The number of halogens is 1. The summed E-state index contributed by atoms with van der Waals surface area (Å²) in [5, 5.41) is 3.92. The molecule has 0 radical (unpaired) electrons. The van der Waals surface area contributed by atoms with Crippen LogP contribution in [0.1, 0.15) is 18.1 Å². The van der Waals surface area contributed by atoms with E-state index < -0.39 is 0 Å². The molecule has 0 aliphatic rings. The second-order valence-electron chi connectivity index (χ2n) is 4.18. The molecule has 0 atom stereocenters. The summed E-state index contributed by atoms with van der Waals surface area (Å²) in [5.41, 5.74) is 2.15. The zero-order valence-electron chi connectivity index (χ0n) is 10.9. The van der Waals surface area contributed by atoms with Crippen molar-refractivity contribution in [2.75, 3.05) is 6.54 Å². The quantitative estimate of drug-likeness (QED) is 0.878. The van der Waals surface area contributed by atoms with Crippen LogP contribution in [0.2, 0.25) is 5.02 Å².